The lowest BCUT2D eigenvalue weighted by molar-refractivity contribution is -0.133. The van der Waals surface area contributed by atoms with Crippen molar-refractivity contribution in [3.63, 3.8) is 0 Å². The van der Waals surface area contributed by atoms with Gasteiger partial charge in [-0.15, -0.1) is 0 Å². The molecule has 5 heteroatoms. The van der Waals surface area contributed by atoms with Gasteiger partial charge >= 0.3 is 0 Å². The molecule has 1 aromatic rings. The number of halogens is 2. The summed E-state index contributed by atoms with van der Waals surface area (Å²) in [6, 6.07) is 6.29. The Kier molecular flexibility index (Phi) is 6.30. The third kappa shape index (κ3) is 4.50. The van der Waals surface area contributed by atoms with Crippen LogP contribution in [-0.2, 0) is 11.2 Å². The second-order valence-electron chi connectivity index (χ2n) is 7.73. The van der Waals surface area contributed by atoms with E-state index in [4.69, 9.17) is 23.2 Å². The van der Waals surface area contributed by atoms with Crippen molar-refractivity contribution in [1.82, 2.24) is 9.80 Å². The average molecular weight is 382 g/mol. The summed E-state index contributed by atoms with van der Waals surface area (Å²) in [5.74, 6) is 0.919. The highest BCUT2D eigenvalue weighted by Crippen LogP contribution is 2.32. The average Bonchev–Trinajstić information content (AvgIpc) is 3.12. The van der Waals surface area contributed by atoms with Gasteiger partial charge in [0.25, 0.3) is 0 Å². The molecular weight excluding hydrogens is 354 g/mol. The first-order valence-corrected chi connectivity index (χ1v) is 10.1. The van der Waals surface area contributed by atoms with Crippen LogP contribution in [-0.4, -0.2) is 47.9 Å². The van der Waals surface area contributed by atoms with Crippen LogP contribution in [0.3, 0.4) is 0 Å². The van der Waals surface area contributed by atoms with E-state index >= 15 is 0 Å². The molecule has 25 heavy (non-hydrogen) atoms. The normalized spacial score (nSPS) is 27.4. The van der Waals surface area contributed by atoms with Crippen LogP contribution in [0.4, 0.5) is 0 Å². The first kappa shape index (κ1) is 19.0. The van der Waals surface area contributed by atoms with Crippen molar-refractivity contribution in [2.45, 2.75) is 57.5 Å². The standard InChI is InChI=1S/C20H28Cl2N2O/c1-14-5-8-18(19(11-14)24-9-3-4-10-24)23(2)20(25)13-15-6-7-16(21)17(22)12-15/h6-7,12,14,18-19H,3-5,8-11,13H2,1-2H3/t14?,18?,19-/m1/s1/i2-1. The van der Waals surface area contributed by atoms with Crippen LogP contribution in [0.1, 0.15) is 44.6 Å². The monoisotopic (exact) mass is 381 g/mol. The van der Waals surface area contributed by atoms with Crippen LogP contribution < -0.4 is 0 Å². The minimum atomic E-state index is 0.169. The molecule has 2 unspecified atom stereocenters. The number of amides is 1. The van der Waals surface area contributed by atoms with Crippen molar-refractivity contribution in [2.24, 2.45) is 5.92 Å². The van der Waals surface area contributed by atoms with Gasteiger partial charge in [-0.05, 0) is 68.8 Å². The summed E-state index contributed by atoms with van der Waals surface area (Å²) in [4.78, 5) is 17.5. The molecule has 0 aromatic heterocycles. The van der Waals surface area contributed by atoms with Gasteiger partial charge in [0.05, 0.1) is 16.5 Å². The van der Waals surface area contributed by atoms with Gasteiger partial charge < -0.3 is 4.90 Å². The molecule has 0 spiro atoms. The van der Waals surface area contributed by atoms with Crippen molar-refractivity contribution in [3.8, 4) is 0 Å². The first-order chi connectivity index (χ1) is 12.0. The molecule has 2 aliphatic rings. The zero-order valence-corrected chi connectivity index (χ0v) is 16.7. The zero-order chi connectivity index (χ0) is 18.0. The highest BCUT2D eigenvalue weighted by molar-refractivity contribution is 6.42. The summed E-state index contributed by atoms with van der Waals surface area (Å²) in [6.07, 6.45) is 6.48. The predicted octanol–water partition coefficient (Wildman–Crippen LogP) is 4.65. The van der Waals surface area contributed by atoms with Crippen molar-refractivity contribution >= 4 is 29.1 Å². The molecule has 1 saturated carbocycles. The maximum absolute atomic E-state index is 12.9. The van der Waals surface area contributed by atoms with Gasteiger partial charge in [-0.3, -0.25) is 9.69 Å². The Bertz CT molecular complexity index is 616. The van der Waals surface area contributed by atoms with E-state index in [2.05, 4.69) is 11.8 Å². The van der Waals surface area contributed by atoms with E-state index in [1.54, 1.807) is 12.1 Å². The third-order valence-electron chi connectivity index (χ3n) is 5.88. The van der Waals surface area contributed by atoms with Crippen molar-refractivity contribution in [2.75, 3.05) is 20.1 Å². The number of benzene rings is 1. The minimum absolute atomic E-state index is 0.169. The summed E-state index contributed by atoms with van der Waals surface area (Å²) in [5, 5.41) is 1.04. The lowest BCUT2D eigenvalue weighted by Crippen LogP contribution is -2.54. The molecule has 1 aliphatic heterocycles. The number of carbonyl (C=O) groups is 1. The summed E-state index contributed by atoms with van der Waals surface area (Å²) in [7, 11) is 1.98. The van der Waals surface area contributed by atoms with E-state index < -0.39 is 0 Å². The molecule has 138 valence electrons. The number of rotatable bonds is 4. The van der Waals surface area contributed by atoms with E-state index in [1.165, 1.54) is 38.8 Å². The molecule has 0 radical (unpaired) electrons. The molecule has 1 aromatic carbocycles. The number of hydrogen-bond donors (Lipinski definition) is 0. The smallest absolute Gasteiger partial charge is 0.227 e. The number of likely N-dealkylation sites (tertiary alicyclic amines) is 1. The maximum Gasteiger partial charge on any atom is 0.227 e. The largest absolute Gasteiger partial charge is 0.341 e. The van der Waals surface area contributed by atoms with Crippen LogP contribution in [0.25, 0.3) is 0 Å². The van der Waals surface area contributed by atoms with Crippen LogP contribution in [0, 0.1) is 5.92 Å². The summed E-state index contributed by atoms with van der Waals surface area (Å²) < 4.78 is 0. The van der Waals surface area contributed by atoms with Crippen LogP contribution >= 0.6 is 23.2 Å². The first-order valence-electron chi connectivity index (χ1n) is 9.39. The van der Waals surface area contributed by atoms with Gasteiger partial charge in [0.2, 0.25) is 5.91 Å². The van der Waals surface area contributed by atoms with Crippen LogP contribution in [0.15, 0.2) is 18.2 Å². The Morgan fingerprint density at radius 2 is 1.92 bits per heavy atom. The molecule has 1 heterocycles. The fourth-order valence-corrected chi connectivity index (χ4v) is 4.71. The van der Waals surface area contributed by atoms with Crippen LogP contribution in [0.2, 0.25) is 10.0 Å². The van der Waals surface area contributed by atoms with Gasteiger partial charge in [-0.2, -0.15) is 0 Å². The van der Waals surface area contributed by atoms with Crippen molar-refractivity contribution in [3.05, 3.63) is 33.8 Å². The van der Waals surface area contributed by atoms with Gasteiger partial charge in [-0.25, -0.2) is 0 Å². The van der Waals surface area contributed by atoms with Crippen molar-refractivity contribution < 1.29 is 4.79 Å². The molecule has 0 bridgehead atoms. The maximum atomic E-state index is 12.9. The predicted molar refractivity (Wildman–Crippen MR) is 104 cm³/mol. The molecule has 2 fully saturated rings. The summed E-state index contributed by atoms with van der Waals surface area (Å²) in [5.41, 5.74) is 0.924. The Morgan fingerprint density at radius 3 is 2.60 bits per heavy atom. The highest BCUT2D eigenvalue weighted by atomic mass is 35.5. The molecule has 1 saturated heterocycles. The van der Waals surface area contributed by atoms with E-state index in [-0.39, 0.29) is 5.91 Å². The second-order valence-corrected chi connectivity index (χ2v) is 8.54. The SMILES string of the molecule is CC1CCC(N([11CH3])C(=O)Cc2ccc(Cl)c(Cl)c2)[C@H](N2CCCC2)C1. The second kappa shape index (κ2) is 8.28. The third-order valence-corrected chi connectivity index (χ3v) is 6.62. The van der Waals surface area contributed by atoms with Gasteiger partial charge in [-0.1, -0.05) is 36.2 Å². The minimum Gasteiger partial charge on any atom is -0.341 e. The van der Waals surface area contributed by atoms with Crippen LogP contribution in [0.5, 0.6) is 0 Å². The summed E-state index contributed by atoms with van der Waals surface area (Å²) >= 11 is 12.1. The Hall–Kier alpha value is -0.770. The van der Waals surface area contributed by atoms with Crippen molar-refractivity contribution in [1.29, 1.82) is 0 Å². The lowest BCUT2D eigenvalue weighted by atomic mass is 9.81. The molecule has 1 aliphatic carbocycles. The fourth-order valence-electron chi connectivity index (χ4n) is 4.39. The van der Waals surface area contributed by atoms with E-state index in [9.17, 15) is 4.79 Å². The fraction of sp³-hybridized carbons (Fsp3) is 0.650. The lowest BCUT2D eigenvalue weighted by Gasteiger charge is -2.44. The highest BCUT2D eigenvalue weighted by Gasteiger charge is 2.37. The van der Waals surface area contributed by atoms with Gasteiger partial charge in [0.15, 0.2) is 0 Å². The zero-order valence-electron chi connectivity index (χ0n) is 15.2. The van der Waals surface area contributed by atoms with E-state index in [0.29, 0.717) is 28.5 Å². The Morgan fingerprint density at radius 1 is 1.20 bits per heavy atom. The van der Waals surface area contributed by atoms with Gasteiger partial charge in [0.1, 0.15) is 0 Å². The Balaban J connectivity index is 1.69. The molecule has 3 rings (SSSR count). The summed E-state index contributed by atoms with van der Waals surface area (Å²) in [6.45, 7) is 4.71. The molecule has 0 N–H and O–H groups in total. The molecule has 1 amide bonds. The number of hydrogen-bond acceptors (Lipinski definition) is 2. The molecular formula is C20H28Cl2N2O. The number of nitrogens with zero attached hydrogens (tertiary/aromatic N) is 2. The van der Waals surface area contributed by atoms with Gasteiger partial charge in [0, 0.05) is 19.1 Å². The number of likely N-dealkylation sites (N-methyl/N-ethyl adjacent to an activating group) is 1. The topological polar surface area (TPSA) is 23.6 Å². The van der Waals surface area contributed by atoms with E-state index in [0.717, 1.165) is 17.9 Å². The Labute approximate surface area is 161 Å². The quantitative estimate of drug-likeness (QED) is 0.757. The number of carbonyl (C=O) groups excluding carboxylic acids is 1. The molecule has 3 nitrogen and oxygen atoms in total. The molecule has 3 atom stereocenters. The van der Waals surface area contributed by atoms with E-state index in [1.807, 2.05) is 18.0 Å².